The summed E-state index contributed by atoms with van der Waals surface area (Å²) in [7, 11) is -3.86. The minimum absolute atomic E-state index is 0.00110. The average Bonchev–Trinajstić information content (AvgIpc) is 3.53. The van der Waals surface area contributed by atoms with E-state index in [1.165, 1.54) is 6.20 Å². The number of aryl methyl sites for hydroxylation is 1. The number of ether oxygens (including phenoxy) is 1. The fourth-order valence-corrected chi connectivity index (χ4v) is 8.39. The highest BCUT2D eigenvalue weighted by Crippen LogP contribution is 2.41. The first-order valence-corrected chi connectivity index (χ1v) is 16.1. The van der Waals surface area contributed by atoms with Crippen LogP contribution in [0.4, 0.5) is 21.8 Å². The number of aromatic nitrogens is 5. The van der Waals surface area contributed by atoms with E-state index in [-0.39, 0.29) is 23.0 Å². The number of hydrogen-bond acceptors (Lipinski definition) is 10. The number of halogens is 1. The summed E-state index contributed by atoms with van der Waals surface area (Å²) in [6.07, 6.45) is 4.97. The minimum atomic E-state index is -3.86. The van der Waals surface area contributed by atoms with Gasteiger partial charge in [0.1, 0.15) is 22.3 Å². The monoisotopic (exact) mass is 607 g/mol. The molecule has 0 radical (unpaired) electrons. The minimum Gasteiger partial charge on any atom is -0.379 e. The van der Waals surface area contributed by atoms with E-state index >= 15 is 0 Å². The van der Waals surface area contributed by atoms with Crippen LogP contribution in [0.1, 0.15) is 37.1 Å². The second-order valence-electron chi connectivity index (χ2n) is 11.5. The van der Waals surface area contributed by atoms with Crippen LogP contribution in [0.2, 0.25) is 0 Å². The number of aromatic amines is 1. The molecule has 0 spiro atoms. The lowest BCUT2D eigenvalue weighted by Crippen LogP contribution is -2.49. The largest absolute Gasteiger partial charge is 0.379 e. The Morgan fingerprint density at radius 1 is 1.05 bits per heavy atom. The Kier molecular flexibility index (Phi) is 7.45. The lowest BCUT2D eigenvalue weighted by Gasteiger charge is -2.38. The van der Waals surface area contributed by atoms with E-state index in [0.29, 0.717) is 30.3 Å². The van der Waals surface area contributed by atoms with E-state index < -0.39 is 15.8 Å². The summed E-state index contributed by atoms with van der Waals surface area (Å²) < 4.78 is 47.9. The van der Waals surface area contributed by atoms with Gasteiger partial charge in [0.2, 0.25) is 10.0 Å². The van der Waals surface area contributed by atoms with E-state index in [1.54, 1.807) is 4.31 Å². The summed E-state index contributed by atoms with van der Waals surface area (Å²) in [6.45, 7) is 5.88. The number of pyridine rings is 3. The van der Waals surface area contributed by atoms with E-state index in [1.807, 2.05) is 25.1 Å². The molecule has 0 aromatic carbocycles. The number of H-pyrrole nitrogens is 1. The fourth-order valence-electron chi connectivity index (χ4n) is 6.53. The molecule has 14 heteroatoms. The molecule has 0 aliphatic carbocycles. The predicted molar refractivity (Wildman–Crippen MR) is 159 cm³/mol. The van der Waals surface area contributed by atoms with Crippen LogP contribution in [0.5, 0.6) is 0 Å². The first-order chi connectivity index (χ1) is 20.8. The van der Waals surface area contributed by atoms with Gasteiger partial charge in [-0.25, -0.2) is 17.8 Å². The number of nitrogens with zero attached hydrogens (tertiary/aromatic N) is 6. The van der Waals surface area contributed by atoms with E-state index in [0.717, 1.165) is 80.2 Å². The summed E-state index contributed by atoms with van der Waals surface area (Å²) in [5, 5.41) is 15.1. The highest BCUT2D eigenvalue weighted by atomic mass is 32.2. The molecule has 226 valence electrons. The number of fused-ring (bicyclic) bond motifs is 3. The zero-order valence-corrected chi connectivity index (χ0v) is 24.6. The molecule has 3 aliphatic rings. The third-order valence-corrected chi connectivity index (χ3v) is 10.4. The van der Waals surface area contributed by atoms with Crippen molar-refractivity contribution < 1.29 is 17.5 Å². The number of anilines is 3. The summed E-state index contributed by atoms with van der Waals surface area (Å²) in [5.41, 5.74) is 2.70. The SMILES string of the molecule is Cc1cc(Nc2cc3nc(CN4CCOCC4)ccc3c(NC3C[C@H]4CC[C@@H](C3)N4S(=O)(=O)c3cncc(F)c3)n2)n[nH]1. The molecule has 4 aromatic heterocycles. The van der Waals surface area contributed by atoms with Gasteiger partial charge >= 0.3 is 0 Å². The van der Waals surface area contributed by atoms with Crippen molar-refractivity contribution in [3.8, 4) is 0 Å². The van der Waals surface area contributed by atoms with Crippen LogP contribution in [-0.2, 0) is 21.3 Å². The van der Waals surface area contributed by atoms with Gasteiger partial charge in [-0.3, -0.25) is 20.0 Å². The number of nitrogens with one attached hydrogen (secondary N) is 3. The molecule has 3 fully saturated rings. The number of piperidine rings is 1. The maximum Gasteiger partial charge on any atom is 0.245 e. The summed E-state index contributed by atoms with van der Waals surface area (Å²) in [6, 6.07) is 8.59. The lowest BCUT2D eigenvalue weighted by molar-refractivity contribution is 0.0337. The van der Waals surface area contributed by atoms with Gasteiger partial charge in [0.25, 0.3) is 0 Å². The maximum absolute atomic E-state index is 13.8. The molecule has 2 bridgehead atoms. The molecule has 12 nitrogen and oxygen atoms in total. The molecule has 3 N–H and O–H groups in total. The highest BCUT2D eigenvalue weighted by molar-refractivity contribution is 7.89. The van der Waals surface area contributed by atoms with Crippen molar-refractivity contribution >= 4 is 38.4 Å². The van der Waals surface area contributed by atoms with Crippen LogP contribution < -0.4 is 10.6 Å². The van der Waals surface area contributed by atoms with Crippen molar-refractivity contribution in [1.82, 2.24) is 34.4 Å². The maximum atomic E-state index is 13.8. The second-order valence-corrected chi connectivity index (χ2v) is 13.4. The molecule has 0 saturated carbocycles. The van der Waals surface area contributed by atoms with Gasteiger partial charge in [-0.1, -0.05) is 0 Å². The Labute approximate surface area is 249 Å². The van der Waals surface area contributed by atoms with Crippen molar-refractivity contribution in [1.29, 1.82) is 0 Å². The van der Waals surface area contributed by atoms with Crippen LogP contribution in [0.25, 0.3) is 10.9 Å². The molecule has 7 rings (SSSR count). The van der Waals surface area contributed by atoms with Crippen LogP contribution in [-0.4, -0.2) is 87.2 Å². The Balaban J connectivity index is 1.16. The topological polar surface area (TPSA) is 141 Å². The highest BCUT2D eigenvalue weighted by Gasteiger charge is 2.47. The van der Waals surface area contributed by atoms with E-state index in [9.17, 15) is 12.8 Å². The zero-order valence-electron chi connectivity index (χ0n) is 23.8. The molecule has 0 amide bonds. The second kappa shape index (κ2) is 11.4. The van der Waals surface area contributed by atoms with Crippen molar-refractivity contribution in [2.24, 2.45) is 0 Å². The molecule has 7 heterocycles. The molecule has 4 aromatic rings. The predicted octanol–water partition coefficient (Wildman–Crippen LogP) is 3.57. The standard InChI is InChI=1S/C29H34FN9O3S/c1-18-10-28(37-36-18)34-27-14-26-25(5-2-20(32-26)17-38-6-8-42-9-7-38)29(35-27)33-21-12-22-3-4-23(13-21)39(22)43(40,41)24-11-19(30)15-31-16-24/h2,5,10-11,14-16,21-23H,3-4,6-9,12-13,17H2,1H3,(H3,33,34,35,36,37)/t21?,22-,23+. The van der Waals surface area contributed by atoms with Crippen molar-refractivity contribution in [3.63, 3.8) is 0 Å². The van der Waals surface area contributed by atoms with Gasteiger partial charge in [-0.05, 0) is 50.8 Å². The van der Waals surface area contributed by atoms with Gasteiger partial charge in [-0.2, -0.15) is 9.40 Å². The zero-order chi connectivity index (χ0) is 29.6. The summed E-state index contributed by atoms with van der Waals surface area (Å²) >= 11 is 0. The fraction of sp³-hybridized carbons (Fsp3) is 0.448. The van der Waals surface area contributed by atoms with Crippen LogP contribution in [0.3, 0.4) is 0 Å². The first-order valence-electron chi connectivity index (χ1n) is 14.6. The number of morpholine rings is 1. The van der Waals surface area contributed by atoms with E-state index in [4.69, 9.17) is 14.7 Å². The first kappa shape index (κ1) is 28.1. The van der Waals surface area contributed by atoms with Crippen molar-refractivity contribution in [2.45, 2.75) is 62.2 Å². The van der Waals surface area contributed by atoms with Gasteiger partial charge < -0.3 is 15.4 Å². The molecule has 3 aliphatic heterocycles. The van der Waals surface area contributed by atoms with E-state index in [2.05, 4.69) is 36.8 Å². The van der Waals surface area contributed by atoms with Gasteiger partial charge in [0, 0.05) is 67.2 Å². The lowest BCUT2D eigenvalue weighted by atomic mass is 9.99. The Morgan fingerprint density at radius 2 is 1.84 bits per heavy atom. The van der Waals surface area contributed by atoms with Crippen molar-refractivity contribution in [2.75, 3.05) is 36.9 Å². The number of rotatable bonds is 8. The van der Waals surface area contributed by atoms with Gasteiger partial charge in [-0.15, -0.1) is 0 Å². The van der Waals surface area contributed by atoms with Crippen LogP contribution >= 0.6 is 0 Å². The van der Waals surface area contributed by atoms with Crippen LogP contribution in [0, 0.1) is 12.7 Å². The van der Waals surface area contributed by atoms with Gasteiger partial charge in [0.05, 0.1) is 30.6 Å². The normalized spacial score (nSPS) is 23.1. The van der Waals surface area contributed by atoms with Crippen molar-refractivity contribution in [3.05, 3.63) is 59.9 Å². The molecular formula is C29H34FN9O3S. The summed E-state index contributed by atoms with van der Waals surface area (Å²) in [5.74, 6) is 1.29. The number of sulfonamides is 1. The third kappa shape index (κ3) is 5.79. The summed E-state index contributed by atoms with van der Waals surface area (Å²) in [4.78, 5) is 15.9. The molecule has 3 saturated heterocycles. The van der Waals surface area contributed by atoms with Crippen LogP contribution in [0.15, 0.2) is 47.6 Å². The molecule has 1 unspecified atom stereocenters. The Bertz CT molecular complexity index is 1730. The quantitative estimate of drug-likeness (QED) is 0.272. The Morgan fingerprint density at radius 3 is 2.56 bits per heavy atom. The van der Waals surface area contributed by atoms with Gasteiger partial charge in [0.15, 0.2) is 5.82 Å². The molecule has 3 atom stereocenters. The number of hydrogen-bond donors (Lipinski definition) is 3. The third-order valence-electron chi connectivity index (χ3n) is 8.46. The molecule has 43 heavy (non-hydrogen) atoms. The Hall–Kier alpha value is -3.72. The smallest absolute Gasteiger partial charge is 0.245 e. The molecular weight excluding hydrogens is 573 g/mol. The average molecular weight is 608 g/mol.